The lowest BCUT2D eigenvalue weighted by Gasteiger charge is -2.37. The molecule has 0 aliphatic carbocycles. The molecule has 1 saturated heterocycles. The topological polar surface area (TPSA) is 71.5 Å². The number of ether oxygens (including phenoxy) is 3. The molecule has 2 heterocycles. The number of carbonyl (C=O) groups excluding carboxylic acids is 1. The largest absolute Gasteiger partial charge is 0.491 e. The van der Waals surface area contributed by atoms with Crippen LogP contribution >= 0.6 is 0 Å². The van der Waals surface area contributed by atoms with Crippen molar-refractivity contribution < 1.29 is 24.1 Å². The van der Waals surface area contributed by atoms with Crippen molar-refractivity contribution in [3.8, 4) is 28.4 Å². The summed E-state index contributed by atoms with van der Waals surface area (Å²) in [5.41, 5.74) is 2.28. The summed E-state index contributed by atoms with van der Waals surface area (Å²) in [5, 5.41) is 10.5. The number of fused-ring (bicyclic) bond motifs is 1. The highest BCUT2D eigenvalue weighted by Crippen LogP contribution is 2.31. The molecule has 3 aromatic carbocycles. The number of nitrogens with zero attached hydrogens (tertiary/aromatic N) is 2. The molecule has 2 aliphatic heterocycles. The number of benzene rings is 3. The second kappa shape index (κ2) is 10.8. The van der Waals surface area contributed by atoms with Gasteiger partial charge in [-0.05, 0) is 35.4 Å². The zero-order valence-electron chi connectivity index (χ0n) is 19.6. The van der Waals surface area contributed by atoms with Gasteiger partial charge < -0.3 is 24.2 Å². The van der Waals surface area contributed by atoms with E-state index in [1.54, 1.807) is 0 Å². The molecule has 1 N–H and O–H groups in total. The molecule has 1 fully saturated rings. The highest BCUT2D eigenvalue weighted by Gasteiger charge is 2.32. The van der Waals surface area contributed by atoms with E-state index < -0.39 is 12.2 Å². The van der Waals surface area contributed by atoms with Gasteiger partial charge in [0.1, 0.15) is 25.1 Å². The van der Waals surface area contributed by atoms with Crippen molar-refractivity contribution in [3.05, 3.63) is 78.9 Å². The van der Waals surface area contributed by atoms with Gasteiger partial charge in [0, 0.05) is 32.7 Å². The van der Waals surface area contributed by atoms with E-state index in [-0.39, 0.29) is 19.1 Å². The number of β-amino-alcohol motifs (C(OH)–C–C–N with tert-alkyl or cyclic N) is 1. The Hall–Kier alpha value is -3.55. The predicted molar refractivity (Wildman–Crippen MR) is 133 cm³/mol. The number of aliphatic hydroxyl groups excluding tert-OH is 1. The first-order valence-electron chi connectivity index (χ1n) is 12.0. The van der Waals surface area contributed by atoms with Crippen molar-refractivity contribution in [2.45, 2.75) is 12.2 Å². The van der Waals surface area contributed by atoms with Gasteiger partial charge in [-0.2, -0.15) is 0 Å². The summed E-state index contributed by atoms with van der Waals surface area (Å²) >= 11 is 0. The Morgan fingerprint density at radius 2 is 1.54 bits per heavy atom. The predicted octanol–water partition coefficient (Wildman–Crippen LogP) is 3.08. The van der Waals surface area contributed by atoms with Gasteiger partial charge in [0.2, 0.25) is 6.10 Å². The maximum Gasteiger partial charge on any atom is 0.267 e. The minimum atomic E-state index is -0.622. The summed E-state index contributed by atoms with van der Waals surface area (Å²) in [4.78, 5) is 16.9. The Morgan fingerprint density at radius 3 is 2.29 bits per heavy atom. The van der Waals surface area contributed by atoms with E-state index in [0.717, 1.165) is 16.9 Å². The molecule has 3 aromatic rings. The summed E-state index contributed by atoms with van der Waals surface area (Å²) in [6, 6.07) is 25.5. The lowest BCUT2D eigenvalue weighted by molar-refractivity contribution is -0.143. The number of hydrogen-bond donors (Lipinski definition) is 1. The van der Waals surface area contributed by atoms with E-state index in [1.807, 2.05) is 71.6 Å². The molecule has 0 radical (unpaired) electrons. The highest BCUT2D eigenvalue weighted by molar-refractivity contribution is 5.82. The minimum absolute atomic E-state index is 0.0537. The van der Waals surface area contributed by atoms with Crippen LogP contribution in [-0.4, -0.2) is 79.0 Å². The van der Waals surface area contributed by atoms with Crippen LogP contribution in [-0.2, 0) is 4.79 Å². The fraction of sp³-hybridized carbons (Fsp3) is 0.321. The van der Waals surface area contributed by atoms with Crippen LogP contribution in [0.5, 0.6) is 17.2 Å². The van der Waals surface area contributed by atoms with Gasteiger partial charge in [0.15, 0.2) is 11.5 Å². The van der Waals surface area contributed by atoms with E-state index in [1.165, 1.54) is 0 Å². The number of para-hydroxylation sites is 2. The lowest BCUT2D eigenvalue weighted by Crippen LogP contribution is -2.55. The molecule has 0 unspecified atom stereocenters. The fourth-order valence-corrected chi connectivity index (χ4v) is 4.41. The summed E-state index contributed by atoms with van der Waals surface area (Å²) in [5.74, 6) is 1.95. The smallest absolute Gasteiger partial charge is 0.267 e. The number of piperazine rings is 1. The van der Waals surface area contributed by atoms with Gasteiger partial charge in [0.05, 0.1) is 0 Å². The first-order chi connectivity index (χ1) is 17.2. The van der Waals surface area contributed by atoms with Crippen LogP contribution in [0.3, 0.4) is 0 Å². The molecule has 1 amide bonds. The van der Waals surface area contributed by atoms with Gasteiger partial charge >= 0.3 is 0 Å². The van der Waals surface area contributed by atoms with Crippen molar-refractivity contribution in [1.82, 2.24) is 9.80 Å². The SMILES string of the molecule is O=C([C@@H]1COc2ccccc2O1)N1CCN(C[C@@H](O)COc2ccc(-c3ccccc3)cc2)CC1. The molecular weight excluding hydrogens is 444 g/mol. The number of amides is 1. The minimum Gasteiger partial charge on any atom is -0.491 e. The van der Waals surface area contributed by atoms with Gasteiger partial charge in [-0.15, -0.1) is 0 Å². The summed E-state index contributed by atoms with van der Waals surface area (Å²) < 4.78 is 17.3. The van der Waals surface area contributed by atoms with Crippen molar-refractivity contribution in [2.75, 3.05) is 45.9 Å². The first kappa shape index (κ1) is 23.2. The van der Waals surface area contributed by atoms with Crippen molar-refractivity contribution in [2.24, 2.45) is 0 Å². The molecule has 35 heavy (non-hydrogen) atoms. The Kier molecular flexibility index (Phi) is 7.16. The Labute approximate surface area is 205 Å². The average Bonchev–Trinajstić information content (AvgIpc) is 2.92. The molecule has 7 nitrogen and oxygen atoms in total. The normalized spacial score (nSPS) is 18.7. The third-order valence-electron chi connectivity index (χ3n) is 6.34. The molecular formula is C28H30N2O5. The molecule has 2 atom stereocenters. The maximum absolute atomic E-state index is 12.9. The van der Waals surface area contributed by atoms with Crippen LogP contribution in [0, 0.1) is 0 Å². The van der Waals surface area contributed by atoms with Crippen LogP contribution in [0.1, 0.15) is 0 Å². The molecule has 2 aliphatic rings. The van der Waals surface area contributed by atoms with Gasteiger partial charge in [-0.3, -0.25) is 9.69 Å². The van der Waals surface area contributed by atoms with Crippen LogP contribution in [0.2, 0.25) is 0 Å². The molecule has 0 saturated carbocycles. The Morgan fingerprint density at radius 1 is 0.886 bits per heavy atom. The third kappa shape index (κ3) is 5.75. The molecule has 5 rings (SSSR count). The van der Waals surface area contributed by atoms with E-state index in [2.05, 4.69) is 17.0 Å². The number of rotatable bonds is 7. The number of hydrogen-bond acceptors (Lipinski definition) is 6. The lowest BCUT2D eigenvalue weighted by atomic mass is 10.1. The number of aliphatic hydroxyl groups is 1. The quantitative estimate of drug-likeness (QED) is 0.568. The number of carbonyl (C=O) groups is 1. The van der Waals surface area contributed by atoms with Gasteiger partial charge in [-0.1, -0.05) is 54.6 Å². The van der Waals surface area contributed by atoms with E-state index in [0.29, 0.717) is 44.2 Å². The fourth-order valence-electron chi connectivity index (χ4n) is 4.41. The summed E-state index contributed by atoms with van der Waals surface area (Å²) in [6.07, 6.45) is -1.23. The molecule has 0 spiro atoms. The van der Waals surface area contributed by atoms with Crippen LogP contribution in [0.4, 0.5) is 0 Å². The molecule has 182 valence electrons. The van der Waals surface area contributed by atoms with Crippen molar-refractivity contribution in [1.29, 1.82) is 0 Å². The monoisotopic (exact) mass is 474 g/mol. The van der Waals surface area contributed by atoms with Crippen LogP contribution in [0.25, 0.3) is 11.1 Å². The van der Waals surface area contributed by atoms with E-state index >= 15 is 0 Å². The first-order valence-corrected chi connectivity index (χ1v) is 12.0. The Bertz CT molecular complexity index is 1110. The van der Waals surface area contributed by atoms with Gasteiger partial charge in [-0.25, -0.2) is 0 Å². The third-order valence-corrected chi connectivity index (χ3v) is 6.34. The molecule has 7 heteroatoms. The average molecular weight is 475 g/mol. The van der Waals surface area contributed by atoms with Gasteiger partial charge in [0.25, 0.3) is 5.91 Å². The van der Waals surface area contributed by atoms with E-state index in [9.17, 15) is 9.90 Å². The molecule has 0 bridgehead atoms. The highest BCUT2D eigenvalue weighted by atomic mass is 16.6. The zero-order valence-corrected chi connectivity index (χ0v) is 19.6. The van der Waals surface area contributed by atoms with Crippen molar-refractivity contribution in [3.63, 3.8) is 0 Å². The van der Waals surface area contributed by atoms with Crippen LogP contribution < -0.4 is 14.2 Å². The Balaban J connectivity index is 1.04. The van der Waals surface area contributed by atoms with Crippen molar-refractivity contribution >= 4 is 5.91 Å². The summed E-state index contributed by atoms with van der Waals surface area (Å²) in [7, 11) is 0. The van der Waals surface area contributed by atoms with E-state index in [4.69, 9.17) is 14.2 Å². The maximum atomic E-state index is 12.9. The second-order valence-corrected chi connectivity index (χ2v) is 8.85. The zero-order chi connectivity index (χ0) is 24.0. The van der Waals surface area contributed by atoms with Crippen LogP contribution in [0.15, 0.2) is 78.9 Å². The second-order valence-electron chi connectivity index (χ2n) is 8.85. The molecule has 0 aromatic heterocycles. The standard InChI is InChI=1S/C28H30N2O5/c31-23(19-33-24-12-10-22(11-13-24)21-6-2-1-3-7-21)18-29-14-16-30(17-15-29)28(32)27-20-34-25-8-4-5-9-26(25)35-27/h1-13,23,27,31H,14-20H2/t23-,27+/m1/s1. The summed E-state index contributed by atoms with van der Waals surface area (Å²) in [6.45, 7) is 3.51.